The van der Waals surface area contributed by atoms with Crippen molar-refractivity contribution in [2.45, 2.75) is 18.4 Å². The van der Waals surface area contributed by atoms with Gasteiger partial charge in [-0.3, -0.25) is 4.98 Å². The lowest BCUT2D eigenvalue weighted by molar-refractivity contribution is 0.580. The van der Waals surface area contributed by atoms with Gasteiger partial charge in [0, 0.05) is 23.3 Å². The van der Waals surface area contributed by atoms with Gasteiger partial charge in [-0.05, 0) is 31.2 Å². The number of hydrogen-bond acceptors (Lipinski definition) is 5. The van der Waals surface area contributed by atoms with Crippen molar-refractivity contribution in [3.63, 3.8) is 0 Å². The maximum Gasteiger partial charge on any atom is 0.240 e. The van der Waals surface area contributed by atoms with Crippen molar-refractivity contribution in [1.82, 2.24) is 14.7 Å². The summed E-state index contributed by atoms with van der Waals surface area (Å²) in [5.74, 6) is 0. The van der Waals surface area contributed by atoms with Crippen LogP contribution in [0.4, 0.5) is 0 Å². The SMILES string of the molecule is Cc1ccc(S(=O)(=O)NCc2csc(-c3cccnc3)n2)cc1. The van der Waals surface area contributed by atoms with Crippen LogP contribution in [0, 0.1) is 6.92 Å². The van der Waals surface area contributed by atoms with E-state index in [4.69, 9.17) is 0 Å². The summed E-state index contributed by atoms with van der Waals surface area (Å²) in [6, 6.07) is 10.5. The van der Waals surface area contributed by atoms with Gasteiger partial charge in [0.15, 0.2) is 0 Å². The molecule has 0 spiro atoms. The minimum absolute atomic E-state index is 0.160. The molecular formula is C16H15N3O2S2. The number of aromatic nitrogens is 2. The summed E-state index contributed by atoms with van der Waals surface area (Å²) in [6.07, 6.45) is 3.44. The van der Waals surface area contributed by atoms with E-state index in [1.54, 1.807) is 36.7 Å². The Morgan fingerprint density at radius 2 is 1.96 bits per heavy atom. The number of rotatable bonds is 5. The zero-order valence-corrected chi connectivity index (χ0v) is 14.1. The van der Waals surface area contributed by atoms with Crippen molar-refractivity contribution in [3.05, 3.63) is 65.4 Å². The highest BCUT2D eigenvalue weighted by Crippen LogP contribution is 2.22. The predicted molar refractivity (Wildman–Crippen MR) is 90.5 cm³/mol. The molecule has 0 saturated carbocycles. The molecule has 0 unspecified atom stereocenters. The van der Waals surface area contributed by atoms with Crippen molar-refractivity contribution in [2.75, 3.05) is 0 Å². The maximum atomic E-state index is 12.2. The average Bonchev–Trinajstić information content (AvgIpc) is 3.03. The number of nitrogens with one attached hydrogen (secondary N) is 1. The predicted octanol–water partition coefficient (Wildman–Crippen LogP) is 2.99. The maximum absolute atomic E-state index is 12.2. The molecule has 0 atom stereocenters. The number of thiazole rings is 1. The molecule has 0 amide bonds. The number of benzene rings is 1. The summed E-state index contributed by atoms with van der Waals surface area (Å²) in [5, 5.41) is 2.67. The van der Waals surface area contributed by atoms with Crippen LogP contribution in [-0.2, 0) is 16.6 Å². The largest absolute Gasteiger partial charge is 0.264 e. The fraction of sp³-hybridized carbons (Fsp3) is 0.125. The van der Waals surface area contributed by atoms with E-state index in [1.807, 2.05) is 24.4 Å². The highest BCUT2D eigenvalue weighted by atomic mass is 32.2. The third-order valence-corrected chi connectivity index (χ3v) is 5.59. The Kier molecular flexibility index (Phi) is 4.51. The van der Waals surface area contributed by atoms with Crippen LogP contribution in [0.3, 0.4) is 0 Å². The zero-order chi connectivity index (χ0) is 16.3. The molecule has 5 nitrogen and oxygen atoms in total. The molecule has 2 aromatic heterocycles. The topological polar surface area (TPSA) is 72.0 Å². The van der Waals surface area contributed by atoms with Crippen molar-refractivity contribution < 1.29 is 8.42 Å². The smallest absolute Gasteiger partial charge is 0.240 e. The first-order chi connectivity index (χ1) is 11.0. The lowest BCUT2D eigenvalue weighted by atomic mass is 10.2. The third kappa shape index (κ3) is 3.82. The summed E-state index contributed by atoms with van der Waals surface area (Å²) in [5.41, 5.74) is 2.62. The number of nitrogens with zero attached hydrogens (tertiary/aromatic N) is 2. The van der Waals surface area contributed by atoms with Gasteiger partial charge in [0.05, 0.1) is 17.1 Å². The average molecular weight is 345 g/mol. The summed E-state index contributed by atoms with van der Waals surface area (Å²) >= 11 is 1.47. The summed E-state index contributed by atoms with van der Waals surface area (Å²) in [4.78, 5) is 8.76. The molecule has 0 aliphatic rings. The summed E-state index contributed by atoms with van der Waals surface area (Å²) < 4.78 is 27.1. The van der Waals surface area contributed by atoms with Crippen molar-refractivity contribution in [2.24, 2.45) is 0 Å². The van der Waals surface area contributed by atoms with Gasteiger partial charge < -0.3 is 0 Å². The Bertz CT molecular complexity index is 889. The van der Waals surface area contributed by atoms with Crippen LogP contribution < -0.4 is 4.72 Å². The van der Waals surface area contributed by atoms with Gasteiger partial charge in [-0.1, -0.05) is 17.7 Å². The Hall–Kier alpha value is -2.09. The number of aryl methyl sites for hydroxylation is 1. The van der Waals surface area contributed by atoms with Crippen LogP contribution in [0.2, 0.25) is 0 Å². The van der Waals surface area contributed by atoms with Crippen LogP contribution in [0.15, 0.2) is 59.1 Å². The molecule has 0 aliphatic heterocycles. The second-order valence-corrected chi connectivity index (χ2v) is 7.65. The zero-order valence-electron chi connectivity index (χ0n) is 12.4. The molecular weight excluding hydrogens is 330 g/mol. The first-order valence-corrected chi connectivity index (χ1v) is 9.32. The van der Waals surface area contributed by atoms with E-state index >= 15 is 0 Å². The van der Waals surface area contributed by atoms with Crippen molar-refractivity contribution >= 4 is 21.4 Å². The van der Waals surface area contributed by atoms with Gasteiger partial charge in [0.25, 0.3) is 0 Å². The first-order valence-electron chi connectivity index (χ1n) is 6.96. The van der Waals surface area contributed by atoms with Crippen LogP contribution in [0.25, 0.3) is 10.6 Å². The minimum Gasteiger partial charge on any atom is -0.264 e. The van der Waals surface area contributed by atoms with Crippen molar-refractivity contribution in [3.8, 4) is 10.6 Å². The number of hydrogen-bond donors (Lipinski definition) is 1. The van der Waals surface area contributed by atoms with Gasteiger partial charge in [0.1, 0.15) is 5.01 Å². The standard InChI is InChI=1S/C16H15N3O2S2/c1-12-4-6-15(7-5-12)23(20,21)18-10-14-11-22-16(19-14)13-3-2-8-17-9-13/h2-9,11,18H,10H2,1H3. The van der Waals surface area contributed by atoms with E-state index in [-0.39, 0.29) is 11.4 Å². The third-order valence-electron chi connectivity index (χ3n) is 3.23. The van der Waals surface area contributed by atoms with E-state index in [0.717, 1.165) is 16.1 Å². The highest BCUT2D eigenvalue weighted by molar-refractivity contribution is 7.89. The Morgan fingerprint density at radius 3 is 2.65 bits per heavy atom. The fourth-order valence-corrected chi connectivity index (χ4v) is 3.79. The first kappa shape index (κ1) is 15.8. The second kappa shape index (κ2) is 6.57. The van der Waals surface area contributed by atoms with Gasteiger partial charge in [-0.15, -0.1) is 11.3 Å². The molecule has 0 bridgehead atoms. The molecule has 1 aromatic carbocycles. The van der Waals surface area contributed by atoms with E-state index in [1.165, 1.54) is 11.3 Å². The van der Waals surface area contributed by atoms with Crippen LogP contribution in [-0.4, -0.2) is 18.4 Å². The molecule has 7 heteroatoms. The molecule has 0 saturated heterocycles. The molecule has 3 rings (SSSR count). The van der Waals surface area contributed by atoms with Crippen LogP contribution in [0.1, 0.15) is 11.3 Å². The molecule has 0 fully saturated rings. The van der Waals surface area contributed by atoms with Gasteiger partial charge in [-0.25, -0.2) is 18.1 Å². The summed E-state index contributed by atoms with van der Waals surface area (Å²) in [6.45, 7) is 2.08. The summed E-state index contributed by atoms with van der Waals surface area (Å²) in [7, 11) is -3.53. The number of sulfonamides is 1. The number of pyridine rings is 1. The van der Waals surface area contributed by atoms with Gasteiger partial charge in [0.2, 0.25) is 10.0 Å². The van der Waals surface area contributed by atoms with E-state index < -0.39 is 10.0 Å². The minimum atomic E-state index is -3.53. The molecule has 23 heavy (non-hydrogen) atoms. The lowest BCUT2D eigenvalue weighted by Gasteiger charge is -2.05. The van der Waals surface area contributed by atoms with Gasteiger partial charge >= 0.3 is 0 Å². The Labute approximate surface area is 139 Å². The lowest BCUT2D eigenvalue weighted by Crippen LogP contribution is -2.23. The Morgan fingerprint density at radius 1 is 1.17 bits per heavy atom. The molecule has 3 aromatic rings. The molecule has 118 valence electrons. The highest BCUT2D eigenvalue weighted by Gasteiger charge is 2.14. The monoisotopic (exact) mass is 345 g/mol. The van der Waals surface area contributed by atoms with E-state index in [2.05, 4.69) is 14.7 Å². The molecule has 0 aliphatic carbocycles. The Balaban J connectivity index is 1.71. The van der Waals surface area contributed by atoms with Crippen LogP contribution in [0.5, 0.6) is 0 Å². The van der Waals surface area contributed by atoms with Gasteiger partial charge in [-0.2, -0.15) is 0 Å². The van der Waals surface area contributed by atoms with Crippen LogP contribution >= 0.6 is 11.3 Å². The van der Waals surface area contributed by atoms with Crippen molar-refractivity contribution in [1.29, 1.82) is 0 Å². The molecule has 1 N–H and O–H groups in total. The molecule has 0 radical (unpaired) electrons. The fourth-order valence-electron chi connectivity index (χ4n) is 1.98. The molecule has 2 heterocycles. The second-order valence-electron chi connectivity index (χ2n) is 5.02. The van der Waals surface area contributed by atoms with E-state index in [9.17, 15) is 8.42 Å². The van der Waals surface area contributed by atoms with E-state index in [0.29, 0.717) is 5.69 Å². The normalized spacial score (nSPS) is 11.5. The quantitative estimate of drug-likeness (QED) is 0.771.